The van der Waals surface area contributed by atoms with Crippen LogP contribution in [0.2, 0.25) is 5.02 Å². The molecule has 0 fully saturated rings. The Balaban J connectivity index is 2.06. The van der Waals surface area contributed by atoms with Crippen molar-refractivity contribution >= 4 is 33.2 Å². The van der Waals surface area contributed by atoms with Crippen LogP contribution in [0.1, 0.15) is 12.2 Å². The van der Waals surface area contributed by atoms with Gasteiger partial charge in [-0.2, -0.15) is 0 Å². The Morgan fingerprint density at radius 3 is 2.71 bits per heavy atom. The lowest BCUT2D eigenvalue weighted by molar-refractivity contribution is -0.116. The monoisotopic (exact) mass is 328 g/mol. The van der Waals surface area contributed by atoms with E-state index in [1.807, 2.05) is 0 Å². The lowest BCUT2D eigenvalue weighted by atomic mass is 10.2. The molecule has 3 N–H and O–H groups in total. The Morgan fingerprint density at radius 1 is 1.33 bits per heavy atom. The number of nitrogens with one attached hydrogen (secondary N) is 1. The standard InChI is InChI=1S/C13H13ClN2O4S/c14-11-5-4-10(21(15,18)19)8-12(11)16-13(17)6-3-9-2-1-7-20-9/h1-2,4-5,7-8H,3,6H2,(H,16,17)(H2,15,18,19). The van der Waals surface area contributed by atoms with E-state index >= 15 is 0 Å². The summed E-state index contributed by atoms with van der Waals surface area (Å²) in [5.74, 6) is 0.384. The second kappa shape index (κ2) is 6.30. The Hall–Kier alpha value is -1.83. The van der Waals surface area contributed by atoms with Crippen LogP contribution >= 0.6 is 11.6 Å². The first kappa shape index (κ1) is 15.6. The number of hydrogen-bond acceptors (Lipinski definition) is 4. The van der Waals surface area contributed by atoms with Gasteiger partial charge in [0.15, 0.2) is 0 Å². The van der Waals surface area contributed by atoms with Gasteiger partial charge in [-0.3, -0.25) is 4.79 Å². The van der Waals surface area contributed by atoms with Crippen molar-refractivity contribution in [3.8, 4) is 0 Å². The molecule has 8 heteroatoms. The molecule has 0 aliphatic heterocycles. The number of benzene rings is 1. The third kappa shape index (κ3) is 4.32. The number of halogens is 1. The summed E-state index contributed by atoms with van der Waals surface area (Å²) in [6, 6.07) is 7.36. The Bertz CT molecular complexity index is 742. The van der Waals surface area contributed by atoms with E-state index < -0.39 is 10.0 Å². The van der Waals surface area contributed by atoms with Gasteiger partial charge in [0.25, 0.3) is 0 Å². The van der Waals surface area contributed by atoms with Crippen LogP contribution in [0.25, 0.3) is 0 Å². The molecule has 0 atom stereocenters. The van der Waals surface area contributed by atoms with Gasteiger partial charge in [0, 0.05) is 12.8 Å². The van der Waals surface area contributed by atoms with E-state index in [2.05, 4.69) is 5.32 Å². The Labute approximate surface area is 126 Å². The molecular formula is C13H13ClN2O4S. The third-order valence-electron chi connectivity index (χ3n) is 2.72. The van der Waals surface area contributed by atoms with Crippen LogP contribution < -0.4 is 10.5 Å². The molecule has 0 spiro atoms. The smallest absolute Gasteiger partial charge is 0.238 e. The molecule has 6 nitrogen and oxygen atoms in total. The molecule has 0 saturated carbocycles. The number of aryl methyl sites for hydroxylation is 1. The molecule has 0 radical (unpaired) electrons. The summed E-state index contributed by atoms with van der Waals surface area (Å²) in [5, 5.41) is 7.82. The highest BCUT2D eigenvalue weighted by Gasteiger charge is 2.13. The molecular weight excluding hydrogens is 316 g/mol. The lowest BCUT2D eigenvalue weighted by Gasteiger charge is -2.08. The van der Waals surface area contributed by atoms with Crippen molar-refractivity contribution in [2.75, 3.05) is 5.32 Å². The average molecular weight is 329 g/mol. The van der Waals surface area contributed by atoms with Crippen molar-refractivity contribution in [1.82, 2.24) is 0 Å². The molecule has 1 aromatic heterocycles. The molecule has 1 heterocycles. The topological polar surface area (TPSA) is 102 Å². The first-order valence-corrected chi connectivity index (χ1v) is 7.93. The number of carbonyl (C=O) groups excluding carboxylic acids is 1. The van der Waals surface area contributed by atoms with E-state index in [9.17, 15) is 13.2 Å². The summed E-state index contributed by atoms with van der Waals surface area (Å²) in [6.45, 7) is 0. The highest BCUT2D eigenvalue weighted by Crippen LogP contribution is 2.25. The minimum absolute atomic E-state index is 0.117. The van der Waals surface area contributed by atoms with E-state index in [4.69, 9.17) is 21.2 Å². The van der Waals surface area contributed by atoms with Crippen molar-refractivity contribution in [3.63, 3.8) is 0 Å². The third-order valence-corrected chi connectivity index (χ3v) is 3.96. The molecule has 0 aliphatic rings. The van der Waals surface area contributed by atoms with Gasteiger partial charge in [-0.15, -0.1) is 0 Å². The summed E-state index contributed by atoms with van der Waals surface area (Å²) in [7, 11) is -3.85. The maximum Gasteiger partial charge on any atom is 0.238 e. The van der Waals surface area contributed by atoms with E-state index in [0.717, 1.165) is 0 Å². The zero-order valence-electron chi connectivity index (χ0n) is 10.9. The van der Waals surface area contributed by atoms with Gasteiger partial charge in [-0.05, 0) is 30.3 Å². The summed E-state index contributed by atoms with van der Waals surface area (Å²) in [5.41, 5.74) is 0.202. The molecule has 0 saturated heterocycles. The highest BCUT2D eigenvalue weighted by molar-refractivity contribution is 7.89. The average Bonchev–Trinajstić information content (AvgIpc) is 2.91. The fourth-order valence-electron chi connectivity index (χ4n) is 1.68. The fourth-order valence-corrected chi connectivity index (χ4v) is 2.39. The summed E-state index contributed by atoms with van der Waals surface area (Å²) in [6.07, 6.45) is 2.15. The highest BCUT2D eigenvalue weighted by atomic mass is 35.5. The Kier molecular flexibility index (Phi) is 4.66. The number of rotatable bonds is 5. The molecule has 2 aromatic rings. The van der Waals surface area contributed by atoms with Crippen molar-refractivity contribution in [1.29, 1.82) is 0 Å². The van der Waals surface area contributed by atoms with Crippen LogP contribution in [0.3, 0.4) is 0 Å². The minimum atomic E-state index is -3.85. The summed E-state index contributed by atoms with van der Waals surface area (Å²) >= 11 is 5.92. The number of primary sulfonamides is 1. The van der Waals surface area contributed by atoms with Gasteiger partial charge in [0.1, 0.15) is 5.76 Å². The second-order valence-electron chi connectivity index (χ2n) is 4.31. The van der Waals surface area contributed by atoms with Crippen molar-refractivity contribution < 1.29 is 17.6 Å². The molecule has 112 valence electrons. The van der Waals surface area contributed by atoms with Gasteiger partial charge in [0.2, 0.25) is 15.9 Å². The van der Waals surface area contributed by atoms with E-state index in [1.165, 1.54) is 24.5 Å². The second-order valence-corrected chi connectivity index (χ2v) is 6.28. The van der Waals surface area contributed by atoms with Crippen LogP contribution in [0.4, 0.5) is 5.69 Å². The molecule has 0 unspecified atom stereocenters. The zero-order valence-corrected chi connectivity index (χ0v) is 12.4. The van der Waals surface area contributed by atoms with E-state index in [1.54, 1.807) is 12.1 Å². The number of amides is 1. The van der Waals surface area contributed by atoms with Gasteiger partial charge in [-0.1, -0.05) is 11.6 Å². The summed E-state index contributed by atoms with van der Waals surface area (Å²) < 4.78 is 27.7. The predicted octanol–water partition coefficient (Wildman–Crippen LogP) is 2.15. The predicted molar refractivity (Wildman–Crippen MR) is 78.5 cm³/mol. The largest absolute Gasteiger partial charge is 0.469 e. The van der Waals surface area contributed by atoms with E-state index in [0.29, 0.717) is 12.2 Å². The lowest BCUT2D eigenvalue weighted by Crippen LogP contribution is -2.15. The maximum atomic E-state index is 11.8. The number of hydrogen-bond donors (Lipinski definition) is 2. The van der Waals surface area contributed by atoms with Gasteiger partial charge >= 0.3 is 0 Å². The van der Waals surface area contributed by atoms with Crippen LogP contribution in [-0.4, -0.2) is 14.3 Å². The molecule has 1 aromatic carbocycles. The van der Waals surface area contributed by atoms with Crippen LogP contribution in [0, 0.1) is 0 Å². The van der Waals surface area contributed by atoms with Gasteiger partial charge < -0.3 is 9.73 Å². The van der Waals surface area contributed by atoms with E-state index in [-0.39, 0.29) is 27.9 Å². The number of carbonyl (C=O) groups is 1. The molecule has 0 aliphatic carbocycles. The number of sulfonamides is 1. The molecule has 2 rings (SSSR count). The van der Waals surface area contributed by atoms with Crippen LogP contribution in [0.15, 0.2) is 45.9 Å². The van der Waals surface area contributed by atoms with Crippen molar-refractivity contribution in [3.05, 3.63) is 47.4 Å². The molecule has 0 bridgehead atoms. The zero-order chi connectivity index (χ0) is 15.5. The van der Waals surface area contributed by atoms with Gasteiger partial charge in [-0.25, -0.2) is 13.6 Å². The quantitative estimate of drug-likeness (QED) is 0.877. The SMILES string of the molecule is NS(=O)(=O)c1ccc(Cl)c(NC(=O)CCc2ccco2)c1. The van der Waals surface area contributed by atoms with Crippen molar-refractivity contribution in [2.45, 2.75) is 17.7 Å². The van der Waals surface area contributed by atoms with Gasteiger partial charge in [0.05, 0.1) is 21.9 Å². The van der Waals surface area contributed by atoms with Crippen LogP contribution in [0.5, 0.6) is 0 Å². The first-order chi connectivity index (χ1) is 9.86. The number of anilines is 1. The minimum Gasteiger partial charge on any atom is -0.469 e. The number of furan rings is 1. The van der Waals surface area contributed by atoms with Crippen LogP contribution in [-0.2, 0) is 21.2 Å². The maximum absolute atomic E-state index is 11.8. The molecule has 1 amide bonds. The normalized spacial score (nSPS) is 11.3. The Morgan fingerprint density at radius 2 is 2.10 bits per heavy atom. The fraction of sp³-hybridized carbons (Fsp3) is 0.154. The van der Waals surface area contributed by atoms with Crippen molar-refractivity contribution in [2.24, 2.45) is 5.14 Å². The number of nitrogens with two attached hydrogens (primary N) is 1. The summed E-state index contributed by atoms with van der Waals surface area (Å²) in [4.78, 5) is 11.7. The molecule has 21 heavy (non-hydrogen) atoms. The first-order valence-electron chi connectivity index (χ1n) is 6.01.